The molecule has 0 unspecified atom stereocenters. The number of hydrogen-bond acceptors (Lipinski definition) is 12. The molecule has 0 aliphatic rings. The van der Waals surface area contributed by atoms with Gasteiger partial charge in [-0.05, 0) is 118 Å². The molecule has 0 aliphatic heterocycles. The molecule has 22 heteroatoms. The number of benzene rings is 7. The van der Waals surface area contributed by atoms with Gasteiger partial charge in [-0.2, -0.15) is 42.1 Å². The Morgan fingerprint density at radius 3 is 0.899 bits per heavy atom. The van der Waals surface area contributed by atoms with Crippen LogP contribution in [-0.2, 0) is 76.8 Å². The van der Waals surface area contributed by atoms with Crippen LogP contribution in [-0.4, -0.2) is 64.9 Å². The number of anilines is 2. The monoisotopic (exact) mass is 1030 g/mol. The second-order valence-electron chi connectivity index (χ2n) is 15.8. The molecule has 0 atom stereocenters. The summed E-state index contributed by atoms with van der Waals surface area (Å²) in [6.07, 6.45) is 0. The molecule has 17 nitrogen and oxygen atoms in total. The molecule has 0 spiro atoms. The maximum atomic E-state index is 12.9. The van der Waals surface area contributed by atoms with Crippen molar-refractivity contribution in [1.82, 2.24) is 0 Å². The zero-order valence-corrected chi connectivity index (χ0v) is 39.9. The van der Waals surface area contributed by atoms with Crippen molar-refractivity contribution in [2.45, 2.75) is 56.6 Å². The predicted molar refractivity (Wildman–Crippen MR) is 255 cm³/mol. The summed E-state index contributed by atoms with van der Waals surface area (Å²) in [4.78, 5) is 1.77. The van der Waals surface area contributed by atoms with Crippen molar-refractivity contribution >= 4 is 62.0 Å². The second-order valence-corrected chi connectivity index (χ2v) is 22.9. The van der Waals surface area contributed by atoms with E-state index in [-0.39, 0.29) is 56.2 Å². The predicted octanol–water partition coefficient (Wildman–Crippen LogP) is 7.51. The fraction of sp³-hybridized carbons (Fsp3) is 0.106. The van der Waals surface area contributed by atoms with E-state index in [1.54, 1.807) is 94.7 Å². The van der Waals surface area contributed by atoms with Crippen molar-refractivity contribution < 1.29 is 64.9 Å². The van der Waals surface area contributed by atoms with Gasteiger partial charge in [0.2, 0.25) is 0 Å². The lowest BCUT2D eigenvalue weighted by molar-refractivity contribution is 0.480. The number of hydrogen-bond donors (Lipinski definition) is 5. The van der Waals surface area contributed by atoms with Crippen molar-refractivity contribution in [1.29, 1.82) is 0 Å². The topological polar surface area (TPSA) is 278 Å². The maximum absolute atomic E-state index is 12.9. The molecule has 0 aliphatic carbocycles. The van der Waals surface area contributed by atoms with Crippen LogP contribution in [0.25, 0.3) is 0 Å². The van der Waals surface area contributed by atoms with Gasteiger partial charge < -0.3 is 9.80 Å². The van der Waals surface area contributed by atoms with Crippen molar-refractivity contribution in [3.8, 4) is 0 Å². The minimum Gasteiger partial charge on any atom is -0.363 e. The van der Waals surface area contributed by atoms with Crippen LogP contribution in [0.3, 0.4) is 0 Å². The molecule has 0 bridgehead atoms. The summed E-state index contributed by atoms with van der Waals surface area (Å²) in [5, 5.41) is 0. The lowest BCUT2D eigenvalue weighted by Crippen LogP contribution is -2.23. The first kappa shape index (κ1) is 50.6. The summed E-state index contributed by atoms with van der Waals surface area (Å²) < 4.78 is 171. The van der Waals surface area contributed by atoms with Crippen LogP contribution in [0, 0.1) is 0 Å². The van der Waals surface area contributed by atoms with Gasteiger partial charge >= 0.3 is 0 Å². The van der Waals surface area contributed by atoms with E-state index in [0.29, 0.717) is 44.8 Å². The van der Waals surface area contributed by atoms with Crippen LogP contribution in [0.2, 0.25) is 0 Å². The summed E-state index contributed by atoms with van der Waals surface area (Å²) in [6, 6.07) is 41.8. The minimum atomic E-state index is -4.79. The van der Waals surface area contributed by atoms with Crippen LogP contribution in [0.1, 0.15) is 44.9 Å². The van der Waals surface area contributed by atoms with E-state index >= 15 is 0 Å². The third-order valence-corrected chi connectivity index (χ3v) is 15.3. The highest BCUT2D eigenvalue weighted by Crippen LogP contribution is 2.38. The summed E-state index contributed by atoms with van der Waals surface area (Å²) in [5.41, 5.74) is 4.11. The van der Waals surface area contributed by atoms with Crippen LogP contribution < -0.4 is 9.80 Å². The molecule has 7 aromatic rings. The Balaban J connectivity index is 1.31. The Morgan fingerprint density at radius 2 is 0.623 bits per heavy atom. The average Bonchev–Trinajstić information content (AvgIpc) is 3.28. The third-order valence-electron chi connectivity index (χ3n) is 11.0. The van der Waals surface area contributed by atoms with Gasteiger partial charge in [-0.25, -0.2) is 0 Å². The smallest absolute Gasteiger partial charge is 0.294 e. The van der Waals surface area contributed by atoms with E-state index in [2.05, 4.69) is 0 Å². The third kappa shape index (κ3) is 12.9. The first-order valence-corrected chi connectivity index (χ1v) is 27.5. The summed E-state index contributed by atoms with van der Waals surface area (Å²) >= 11 is 0. The first-order valence-electron chi connectivity index (χ1n) is 20.3. The van der Waals surface area contributed by atoms with Crippen LogP contribution >= 0.6 is 0 Å². The average molecular weight is 1040 g/mol. The van der Waals surface area contributed by atoms with Crippen LogP contribution in [0.4, 0.5) is 11.4 Å². The maximum Gasteiger partial charge on any atom is 0.294 e. The van der Waals surface area contributed by atoms with E-state index in [1.807, 2.05) is 0 Å². The quantitative estimate of drug-likeness (QED) is 0.0410. The van der Waals surface area contributed by atoms with E-state index in [9.17, 15) is 64.9 Å². The van der Waals surface area contributed by atoms with E-state index in [0.717, 1.165) is 0 Å². The van der Waals surface area contributed by atoms with Gasteiger partial charge in [0.25, 0.3) is 50.6 Å². The fourth-order valence-electron chi connectivity index (χ4n) is 7.84. The molecular formula is C47H42N2O15S5. The molecule has 0 amide bonds. The van der Waals surface area contributed by atoms with Crippen molar-refractivity contribution in [2.75, 3.05) is 9.80 Å². The Hall–Kier alpha value is -6.31. The van der Waals surface area contributed by atoms with Crippen LogP contribution in [0.15, 0.2) is 194 Å². The largest absolute Gasteiger partial charge is 0.363 e. The zero-order valence-electron chi connectivity index (χ0n) is 35.8. The summed E-state index contributed by atoms with van der Waals surface area (Å²) in [5.74, 6) is -0.871. The van der Waals surface area contributed by atoms with Crippen LogP contribution in [0.5, 0.6) is 0 Å². The molecule has 5 N–H and O–H groups in total. The molecule has 0 radical (unpaired) electrons. The van der Waals surface area contributed by atoms with Gasteiger partial charge in [0, 0.05) is 43.5 Å². The highest BCUT2D eigenvalue weighted by Gasteiger charge is 2.26. The van der Waals surface area contributed by atoms with Crippen molar-refractivity contribution in [3.05, 3.63) is 209 Å². The summed E-state index contributed by atoms with van der Waals surface area (Å²) in [6.45, 7) is 0.135. The Kier molecular flexibility index (Phi) is 14.6. The minimum absolute atomic E-state index is 0.0337. The van der Waals surface area contributed by atoms with Crippen molar-refractivity contribution in [2.24, 2.45) is 0 Å². The second kappa shape index (κ2) is 20.0. The molecule has 69 heavy (non-hydrogen) atoms. The molecule has 7 rings (SSSR count). The fourth-order valence-corrected chi connectivity index (χ4v) is 10.8. The van der Waals surface area contributed by atoms with E-state index in [4.69, 9.17) is 0 Å². The highest BCUT2D eigenvalue weighted by atomic mass is 32.2. The van der Waals surface area contributed by atoms with Crippen molar-refractivity contribution in [3.63, 3.8) is 0 Å². The number of nitrogens with zero attached hydrogens (tertiary/aromatic N) is 2. The molecule has 0 saturated carbocycles. The van der Waals surface area contributed by atoms with Gasteiger partial charge in [-0.15, -0.1) is 0 Å². The van der Waals surface area contributed by atoms with Gasteiger partial charge in [0.15, 0.2) is 0 Å². The van der Waals surface area contributed by atoms with Gasteiger partial charge in [0.1, 0.15) is 0 Å². The molecule has 7 aromatic carbocycles. The van der Waals surface area contributed by atoms with Gasteiger partial charge in [-0.1, -0.05) is 91.0 Å². The normalized spacial score (nSPS) is 12.5. The van der Waals surface area contributed by atoms with Gasteiger partial charge in [-0.3, -0.25) is 22.8 Å². The SMILES string of the molecule is O=S(=O)(O)c1cccc(CN(Cc2cccc(S(=O)(=O)O)c2)c2ccc(C(c3ccc(N(Cc4cccc(S(=O)(=O)O)c4)Cc4cccc(S(=O)(=O)O)c4)cc3)c3ccccc3S(=O)(=O)O)cc2)c1. The Labute approximate surface area is 399 Å². The molecule has 0 saturated heterocycles. The molecule has 0 heterocycles. The Bertz CT molecular complexity index is 3250. The molecular weight excluding hydrogens is 993 g/mol. The standard InChI is InChI=1S/C47H42N2O15S5/c50-65(51,52)41-11-3-7-33(25-41)29-48(30-34-8-4-12-42(26-34)66(53,54)55)39-21-17-37(18-22-39)47(45-15-1-2-16-46(45)69(62,63)64)38-19-23-40(24-20-38)49(31-35-9-5-13-43(27-35)67(56,57)58)32-36-10-6-14-44(28-36)68(59,60)61/h1-28,47H,29-32H2,(H,50,51,52)(H,53,54,55)(H,56,57,58)(H,59,60,61)(H,62,63,64). The lowest BCUT2D eigenvalue weighted by atomic mass is 9.85. The van der Waals surface area contributed by atoms with E-state index < -0.39 is 56.5 Å². The molecule has 360 valence electrons. The Morgan fingerprint density at radius 1 is 0.333 bits per heavy atom. The molecule has 0 fully saturated rings. The lowest BCUT2D eigenvalue weighted by Gasteiger charge is -2.28. The molecule has 0 aromatic heterocycles. The van der Waals surface area contributed by atoms with E-state index in [1.165, 1.54) is 84.9 Å². The highest BCUT2D eigenvalue weighted by molar-refractivity contribution is 7.86. The zero-order chi connectivity index (χ0) is 49.9. The number of rotatable bonds is 18. The van der Waals surface area contributed by atoms with Gasteiger partial charge in [0.05, 0.1) is 24.5 Å². The first-order chi connectivity index (χ1) is 32.3. The summed E-state index contributed by atoms with van der Waals surface area (Å²) in [7, 11) is -23.1.